The zero-order chi connectivity index (χ0) is 14.9. The number of carbonyl (C=O) groups excluding carboxylic acids is 1. The Morgan fingerprint density at radius 2 is 2.00 bits per heavy atom. The topological polar surface area (TPSA) is 105 Å². The minimum atomic E-state index is -2.92. The average molecular weight is 318 g/mol. The highest BCUT2D eigenvalue weighted by Gasteiger charge is 2.26. The fourth-order valence-corrected chi connectivity index (χ4v) is 4.26. The maximum absolute atomic E-state index is 12.1. The number of nitrogens with two attached hydrogens (primary N) is 1. The lowest BCUT2D eigenvalue weighted by atomic mass is 10.1. The van der Waals surface area contributed by atoms with Crippen molar-refractivity contribution in [3.63, 3.8) is 0 Å². The van der Waals surface area contributed by atoms with Crippen LogP contribution in [0.2, 0.25) is 0 Å². The summed E-state index contributed by atoms with van der Waals surface area (Å²) < 4.78 is 22.7. The summed E-state index contributed by atoms with van der Waals surface area (Å²) in [6.07, 6.45) is 0.903. The number of nitrogen functional groups attached to an aromatic ring is 1. The SMILES string of the molecule is CN(C)c1nc(N)c(C(=O)NC2CCS(=O)(=O)CC2)s1. The molecule has 112 valence electrons. The Labute approximate surface area is 122 Å². The summed E-state index contributed by atoms with van der Waals surface area (Å²) in [5.74, 6) is 0.176. The van der Waals surface area contributed by atoms with E-state index in [0.29, 0.717) is 22.9 Å². The third kappa shape index (κ3) is 3.40. The second-order valence-corrected chi connectivity index (χ2v) is 8.29. The largest absolute Gasteiger partial charge is 0.382 e. The van der Waals surface area contributed by atoms with Crippen LogP contribution in [0.25, 0.3) is 0 Å². The van der Waals surface area contributed by atoms with Crippen molar-refractivity contribution >= 4 is 38.0 Å². The first-order chi connectivity index (χ1) is 9.28. The normalized spacial score (nSPS) is 18.7. The lowest BCUT2D eigenvalue weighted by Crippen LogP contribution is -2.40. The monoisotopic (exact) mass is 318 g/mol. The number of amides is 1. The average Bonchev–Trinajstić information content (AvgIpc) is 2.74. The summed E-state index contributed by atoms with van der Waals surface area (Å²) in [6.45, 7) is 0. The number of carbonyl (C=O) groups is 1. The van der Waals surface area contributed by atoms with Crippen molar-refractivity contribution in [1.82, 2.24) is 10.3 Å². The van der Waals surface area contributed by atoms with Crippen LogP contribution in [0.15, 0.2) is 0 Å². The molecule has 1 aliphatic rings. The van der Waals surface area contributed by atoms with Gasteiger partial charge in [0.1, 0.15) is 20.5 Å². The zero-order valence-corrected chi connectivity index (χ0v) is 13.1. The van der Waals surface area contributed by atoms with E-state index in [-0.39, 0.29) is 29.3 Å². The first-order valence-corrected chi connectivity index (χ1v) is 8.87. The smallest absolute Gasteiger partial charge is 0.265 e. The van der Waals surface area contributed by atoms with Gasteiger partial charge in [0.2, 0.25) is 0 Å². The number of nitrogens with one attached hydrogen (secondary N) is 1. The summed E-state index contributed by atoms with van der Waals surface area (Å²) in [5, 5.41) is 3.50. The van der Waals surface area contributed by atoms with Gasteiger partial charge >= 0.3 is 0 Å². The molecule has 0 bridgehead atoms. The molecule has 1 aliphatic heterocycles. The fraction of sp³-hybridized carbons (Fsp3) is 0.636. The van der Waals surface area contributed by atoms with Crippen molar-refractivity contribution in [3.8, 4) is 0 Å². The molecule has 2 heterocycles. The second-order valence-electron chi connectivity index (χ2n) is 5.00. The molecule has 3 N–H and O–H groups in total. The Kier molecular flexibility index (Phi) is 4.19. The van der Waals surface area contributed by atoms with Gasteiger partial charge in [-0.15, -0.1) is 0 Å². The van der Waals surface area contributed by atoms with Crippen molar-refractivity contribution in [2.75, 3.05) is 36.2 Å². The minimum absolute atomic E-state index is 0.115. The molecule has 9 heteroatoms. The van der Waals surface area contributed by atoms with Crippen LogP contribution in [0.5, 0.6) is 0 Å². The quantitative estimate of drug-likeness (QED) is 0.819. The number of sulfone groups is 1. The molecule has 1 fully saturated rings. The molecule has 1 saturated heterocycles. The van der Waals surface area contributed by atoms with Crippen LogP contribution in [0.4, 0.5) is 10.9 Å². The molecule has 2 rings (SSSR count). The van der Waals surface area contributed by atoms with Gasteiger partial charge in [-0.1, -0.05) is 11.3 Å². The predicted octanol–water partition coefficient (Wildman–Crippen LogP) is 0.0983. The van der Waals surface area contributed by atoms with Gasteiger partial charge in [-0.3, -0.25) is 4.79 Å². The second kappa shape index (κ2) is 5.57. The molecule has 1 aromatic heterocycles. The number of thiazole rings is 1. The van der Waals surface area contributed by atoms with Crippen molar-refractivity contribution in [2.24, 2.45) is 0 Å². The van der Waals surface area contributed by atoms with Gasteiger partial charge in [0.05, 0.1) is 11.5 Å². The Morgan fingerprint density at radius 3 is 2.50 bits per heavy atom. The molecule has 0 aliphatic carbocycles. The Hall–Kier alpha value is -1.35. The van der Waals surface area contributed by atoms with Gasteiger partial charge < -0.3 is 16.0 Å². The summed E-state index contributed by atoms with van der Waals surface area (Å²) in [5.41, 5.74) is 5.74. The Balaban J connectivity index is 2.02. The minimum Gasteiger partial charge on any atom is -0.382 e. The molecule has 0 radical (unpaired) electrons. The van der Waals surface area contributed by atoms with E-state index in [4.69, 9.17) is 5.73 Å². The molecule has 0 spiro atoms. The molecule has 7 nitrogen and oxygen atoms in total. The maximum atomic E-state index is 12.1. The van der Waals surface area contributed by atoms with Crippen molar-refractivity contribution in [1.29, 1.82) is 0 Å². The fourth-order valence-electron chi connectivity index (χ4n) is 1.96. The van der Waals surface area contributed by atoms with Crippen LogP contribution in [0.3, 0.4) is 0 Å². The third-order valence-electron chi connectivity index (χ3n) is 3.12. The molecular weight excluding hydrogens is 300 g/mol. The van der Waals surface area contributed by atoms with Gasteiger partial charge in [-0.05, 0) is 12.8 Å². The van der Waals surface area contributed by atoms with E-state index in [1.165, 1.54) is 11.3 Å². The standard InChI is InChI=1S/C11H18N4O3S2/c1-15(2)11-14-9(12)8(19-11)10(16)13-7-3-5-20(17,18)6-4-7/h7H,3-6,12H2,1-2H3,(H,13,16). The summed E-state index contributed by atoms with van der Waals surface area (Å²) >= 11 is 1.22. The van der Waals surface area contributed by atoms with E-state index >= 15 is 0 Å². The lowest BCUT2D eigenvalue weighted by Gasteiger charge is -2.22. The number of hydrogen-bond acceptors (Lipinski definition) is 7. The molecule has 1 aromatic rings. The molecule has 20 heavy (non-hydrogen) atoms. The molecular formula is C11H18N4O3S2. The third-order valence-corrected chi connectivity index (χ3v) is 6.07. The number of rotatable bonds is 3. The van der Waals surface area contributed by atoms with E-state index in [1.54, 1.807) is 4.90 Å². The molecule has 0 aromatic carbocycles. The van der Waals surface area contributed by atoms with E-state index < -0.39 is 9.84 Å². The molecule has 1 amide bonds. The predicted molar refractivity (Wildman–Crippen MR) is 80.0 cm³/mol. The Morgan fingerprint density at radius 1 is 1.40 bits per heavy atom. The first kappa shape index (κ1) is 15.0. The van der Waals surface area contributed by atoms with Gasteiger partial charge in [0.25, 0.3) is 5.91 Å². The van der Waals surface area contributed by atoms with E-state index in [1.807, 2.05) is 14.1 Å². The summed E-state index contributed by atoms with van der Waals surface area (Å²) in [4.78, 5) is 18.4. The van der Waals surface area contributed by atoms with Crippen LogP contribution in [-0.2, 0) is 9.84 Å². The number of aromatic nitrogens is 1. The van der Waals surface area contributed by atoms with Crippen molar-refractivity contribution < 1.29 is 13.2 Å². The first-order valence-electron chi connectivity index (χ1n) is 6.23. The van der Waals surface area contributed by atoms with Crippen LogP contribution in [0, 0.1) is 0 Å². The summed E-state index contributed by atoms with van der Waals surface area (Å²) in [6, 6.07) is -0.115. The van der Waals surface area contributed by atoms with Crippen molar-refractivity contribution in [2.45, 2.75) is 18.9 Å². The molecule has 0 unspecified atom stereocenters. The van der Waals surface area contributed by atoms with E-state index in [2.05, 4.69) is 10.3 Å². The van der Waals surface area contributed by atoms with Gasteiger partial charge in [-0.25, -0.2) is 13.4 Å². The number of anilines is 2. The van der Waals surface area contributed by atoms with Crippen LogP contribution >= 0.6 is 11.3 Å². The van der Waals surface area contributed by atoms with Crippen LogP contribution < -0.4 is 16.0 Å². The highest BCUT2D eigenvalue weighted by molar-refractivity contribution is 7.91. The molecule has 0 atom stereocenters. The van der Waals surface area contributed by atoms with Gasteiger partial charge in [0.15, 0.2) is 5.13 Å². The van der Waals surface area contributed by atoms with Gasteiger partial charge in [0, 0.05) is 20.1 Å². The van der Waals surface area contributed by atoms with E-state index in [0.717, 1.165) is 0 Å². The highest BCUT2D eigenvalue weighted by Crippen LogP contribution is 2.27. The van der Waals surface area contributed by atoms with Crippen LogP contribution in [0.1, 0.15) is 22.5 Å². The zero-order valence-electron chi connectivity index (χ0n) is 11.4. The van der Waals surface area contributed by atoms with Gasteiger partial charge in [-0.2, -0.15) is 0 Å². The lowest BCUT2D eigenvalue weighted by molar-refractivity contribution is 0.0939. The Bertz CT molecular complexity index is 595. The van der Waals surface area contributed by atoms with E-state index in [9.17, 15) is 13.2 Å². The molecule has 0 saturated carbocycles. The van der Waals surface area contributed by atoms with Crippen molar-refractivity contribution in [3.05, 3.63) is 4.88 Å². The maximum Gasteiger partial charge on any atom is 0.265 e. The number of hydrogen-bond donors (Lipinski definition) is 2. The van der Waals surface area contributed by atoms with Crippen LogP contribution in [-0.4, -0.2) is 51.0 Å². The number of nitrogens with zero attached hydrogens (tertiary/aromatic N) is 2. The summed E-state index contributed by atoms with van der Waals surface area (Å²) in [7, 11) is 0.727. The highest BCUT2D eigenvalue weighted by atomic mass is 32.2.